The number of hydrogen-bond acceptors (Lipinski definition) is 2. The number of fused-ring (bicyclic) bond motifs is 1. The summed E-state index contributed by atoms with van der Waals surface area (Å²) in [6, 6.07) is 4.50. The highest BCUT2D eigenvalue weighted by molar-refractivity contribution is 9.10. The van der Waals surface area contributed by atoms with Gasteiger partial charge in [0, 0.05) is 19.5 Å². The Bertz CT molecular complexity index is 460. The lowest BCUT2D eigenvalue weighted by atomic mass is 10.1. The highest BCUT2D eigenvalue weighted by Crippen LogP contribution is 2.38. The Labute approximate surface area is 101 Å². The molecule has 0 atom stereocenters. The molecule has 0 nitrogen and oxygen atoms in total. The average molecular weight is 287 g/mol. The molecule has 0 saturated heterocycles. The lowest BCUT2D eigenvalue weighted by Gasteiger charge is -2.06. The fourth-order valence-corrected chi connectivity index (χ4v) is 4.03. The standard InChI is InChI=1S/C11H11BrS2/c1-3-7-6-9(13-2)8-4-5-14-11(8)10(7)12/h4-6H,3H2,1-2H3. The van der Waals surface area contributed by atoms with Gasteiger partial charge in [-0.3, -0.25) is 0 Å². The summed E-state index contributed by atoms with van der Waals surface area (Å²) in [5, 5.41) is 3.54. The summed E-state index contributed by atoms with van der Waals surface area (Å²) in [6.45, 7) is 2.20. The zero-order valence-electron chi connectivity index (χ0n) is 8.13. The van der Waals surface area contributed by atoms with Crippen LogP contribution in [-0.4, -0.2) is 6.26 Å². The molecule has 74 valence electrons. The molecule has 0 amide bonds. The largest absolute Gasteiger partial charge is 0.143 e. The second kappa shape index (κ2) is 4.25. The molecule has 1 aromatic carbocycles. The molecule has 0 aliphatic heterocycles. The molecule has 0 aliphatic rings. The van der Waals surface area contributed by atoms with Crippen molar-refractivity contribution in [1.29, 1.82) is 0 Å². The second-order valence-electron chi connectivity index (χ2n) is 3.07. The minimum Gasteiger partial charge on any atom is -0.143 e. The van der Waals surface area contributed by atoms with Crippen LogP contribution < -0.4 is 0 Å². The fourth-order valence-electron chi connectivity index (χ4n) is 1.54. The van der Waals surface area contributed by atoms with Gasteiger partial charge in [-0.1, -0.05) is 6.92 Å². The van der Waals surface area contributed by atoms with Crippen LogP contribution in [0.1, 0.15) is 12.5 Å². The number of rotatable bonds is 2. The van der Waals surface area contributed by atoms with Crippen molar-refractivity contribution in [3.05, 3.63) is 27.5 Å². The van der Waals surface area contributed by atoms with E-state index in [1.165, 1.54) is 25.0 Å². The van der Waals surface area contributed by atoms with E-state index in [0.717, 1.165) is 6.42 Å². The van der Waals surface area contributed by atoms with Crippen LogP contribution in [0, 0.1) is 0 Å². The number of hydrogen-bond donors (Lipinski definition) is 0. The third kappa shape index (κ3) is 1.62. The van der Waals surface area contributed by atoms with E-state index in [1.807, 2.05) is 23.1 Å². The van der Waals surface area contributed by atoms with Gasteiger partial charge in [-0.15, -0.1) is 23.1 Å². The zero-order chi connectivity index (χ0) is 10.1. The molecule has 14 heavy (non-hydrogen) atoms. The smallest absolute Gasteiger partial charge is 0.0498 e. The second-order valence-corrected chi connectivity index (χ2v) is 5.63. The summed E-state index contributed by atoms with van der Waals surface area (Å²) in [5.41, 5.74) is 1.41. The van der Waals surface area contributed by atoms with Crippen LogP contribution in [-0.2, 0) is 6.42 Å². The molecular formula is C11H11BrS2. The van der Waals surface area contributed by atoms with Gasteiger partial charge in [0.05, 0.1) is 0 Å². The molecule has 0 aliphatic carbocycles. The van der Waals surface area contributed by atoms with Gasteiger partial charge in [0.15, 0.2) is 0 Å². The van der Waals surface area contributed by atoms with Gasteiger partial charge in [0.25, 0.3) is 0 Å². The van der Waals surface area contributed by atoms with Crippen LogP contribution in [0.3, 0.4) is 0 Å². The molecule has 1 heterocycles. The molecule has 0 spiro atoms. The predicted octanol–water partition coefficient (Wildman–Crippen LogP) is 4.95. The molecule has 0 bridgehead atoms. The molecule has 0 saturated carbocycles. The van der Waals surface area contributed by atoms with Crippen LogP contribution in [0.15, 0.2) is 26.9 Å². The molecule has 0 radical (unpaired) electrons. The van der Waals surface area contributed by atoms with Crippen molar-refractivity contribution < 1.29 is 0 Å². The van der Waals surface area contributed by atoms with Crippen molar-refractivity contribution >= 4 is 49.1 Å². The summed E-state index contributed by atoms with van der Waals surface area (Å²) in [7, 11) is 0. The molecule has 0 fully saturated rings. The summed E-state index contributed by atoms with van der Waals surface area (Å²) in [4.78, 5) is 1.39. The van der Waals surface area contributed by atoms with Crippen molar-refractivity contribution in [3.63, 3.8) is 0 Å². The number of halogens is 1. The molecule has 0 N–H and O–H groups in total. The average Bonchev–Trinajstić information content (AvgIpc) is 2.68. The van der Waals surface area contributed by atoms with Crippen molar-refractivity contribution in [3.8, 4) is 0 Å². The van der Waals surface area contributed by atoms with Crippen molar-refractivity contribution in [2.24, 2.45) is 0 Å². The number of thiophene rings is 1. The first-order valence-electron chi connectivity index (χ1n) is 4.50. The first-order valence-corrected chi connectivity index (χ1v) is 7.40. The minimum atomic E-state index is 1.09. The Kier molecular flexibility index (Phi) is 3.20. The van der Waals surface area contributed by atoms with E-state index < -0.39 is 0 Å². The number of thioether (sulfide) groups is 1. The highest BCUT2D eigenvalue weighted by atomic mass is 79.9. The van der Waals surface area contributed by atoms with E-state index in [9.17, 15) is 0 Å². The van der Waals surface area contributed by atoms with E-state index in [0.29, 0.717) is 0 Å². The minimum absolute atomic E-state index is 1.09. The molecule has 3 heteroatoms. The normalized spacial score (nSPS) is 11.1. The van der Waals surface area contributed by atoms with Crippen LogP contribution in [0.25, 0.3) is 10.1 Å². The van der Waals surface area contributed by atoms with Gasteiger partial charge >= 0.3 is 0 Å². The van der Waals surface area contributed by atoms with E-state index in [1.54, 1.807) is 0 Å². The predicted molar refractivity (Wildman–Crippen MR) is 70.7 cm³/mol. The van der Waals surface area contributed by atoms with Crippen LogP contribution in [0.2, 0.25) is 0 Å². The zero-order valence-corrected chi connectivity index (χ0v) is 11.4. The SMILES string of the molecule is CCc1cc(SC)c2ccsc2c1Br. The Balaban J connectivity index is 2.80. The molecule has 2 rings (SSSR count). The summed E-state index contributed by atoms with van der Waals surface area (Å²) in [5.74, 6) is 0. The van der Waals surface area contributed by atoms with Crippen LogP contribution in [0.4, 0.5) is 0 Å². The third-order valence-electron chi connectivity index (χ3n) is 2.32. The van der Waals surface area contributed by atoms with Gasteiger partial charge in [0.2, 0.25) is 0 Å². The molecule has 1 aromatic heterocycles. The highest BCUT2D eigenvalue weighted by Gasteiger charge is 2.09. The van der Waals surface area contributed by atoms with Crippen molar-refractivity contribution in [1.82, 2.24) is 0 Å². The Morgan fingerprint density at radius 1 is 1.50 bits per heavy atom. The molecular weight excluding hydrogens is 276 g/mol. The van der Waals surface area contributed by atoms with Crippen LogP contribution >= 0.6 is 39.0 Å². The van der Waals surface area contributed by atoms with Gasteiger partial charge < -0.3 is 0 Å². The Morgan fingerprint density at radius 2 is 2.29 bits per heavy atom. The van der Waals surface area contributed by atoms with Gasteiger partial charge in [0.1, 0.15) is 0 Å². The maximum Gasteiger partial charge on any atom is 0.0498 e. The van der Waals surface area contributed by atoms with E-state index >= 15 is 0 Å². The van der Waals surface area contributed by atoms with Gasteiger partial charge in [-0.2, -0.15) is 0 Å². The topological polar surface area (TPSA) is 0 Å². The lowest BCUT2D eigenvalue weighted by Crippen LogP contribution is -1.84. The third-order valence-corrected chi connectivity index (χ3v) is 5.20. The Hall–Kier alpha value is 0.01000. The van der Waals surface area contributed by atoms with E-state index in [2.05, 4.69) is 46.6 Å². The first kappa shape index (κ1) is 10.5. The van der Waals surface area contributed by atoms with Gasteiger partial charge in [-0.05, 0) is 51.7 Å². The Morgan fingerprint density at radius 3 is 2.93 bits per heavy atom. The summed E-state index contributed by atoms with van der Waals surface area (Å²) >= 11 is 7.33. The maximum absolute atomic E-state index is 3.69. The molecule has 2 aromatic rings. The van der Waals surface area contributed by atoms with Crippen molar-refractivity contribution in [2.45, 2.75) is 18.2 Å². The summed E-state index contributed by atoms with van der Waals surface area (Å²) < 4.78 is 2.66. The van der Waals surface area contributed by atoms with Crippen LogP contribution in [0.5, 0.6) is 0 Å². The van der Waals surface area contributed by atoms with E-state index in [-0.39, 0.29) is 0 Å². The lowest BCUT2D eigenvalue weighted by molar-refractivity contribution is 1.12. The quantitative estimate of drug-likeness (QED) is 0.704. The molecule has 0 unspecified atom stereocenters. The van der Waals surface area contributed by atoms with Crippen molar-refractivity contribution in [2.75, 3.05) is 6.26 Å². The maximum atomic E-state index is 3.69. The fraction of sp³-hybridized carbons (Fsp3) is 0.273. The number of benzene rings is 1. The van der Waals surface area contributed by atoms with Gasteiger partial charge in [-0.25, -0.2) is 0 Å². The summed E-state index contributed by atoms with van der Waals surface area (Å²) in [6.07, 6.45) is 3.22. The first-order chi connectivity index (χ1) is 6.77. The monoisotopic (exact) mass is 286 g/mol. The van der Waals surface area contributed by atoms with E-state index in [4.69, 9.17) is 0 Å². The number of aryl methyl sites for hydroxylation is 1.